The van der Waals surface area contributed by atoms with Gasteiger partial charge in [-0.2, -0.15) is 13.2 Å². The molecule has 0 amide bonds. The van der Waals surface area contributed by atoms with Crippen molar-refractivity contribution in [2.45, 2.75) is 11.1 Å². The average Bonchev–Trinajstić information content (AvgIpc) is 3.24. The van der Waals surface area contributed by atoms with Crippen molar-refractivity contribution in [3.63, 3.8) is 0 Å². The number of benzene rings is 3. The number of nitrogens with zero attached hydrogens (tertiary/aromatic N) is 1. The molecule has 0 aliphatic heterocycles. The molecule has 0 aliphatic rings. The molecule has 5 nitrogen and oxygen atoms in total. The normalized spacial score (nSPS) is 12.1. The Labute approximate surface area is 180 Å². The summed E-state index contributed by atoms with van der Waals surface area (Å²) in [4.78, 5) is 3.97. The second-order valence-corrected chi connectivity index (χ2v) is 8.98. The molecular formula is C21H15F3N2O3S2. The summed E-state index contributed by atoms with van der Waals surface area (Å²) >= 11 is 1.26. The minimum atomic E-state index is -4.49. The number of methoxy groups -OCH3 is 1. The van der Waals surface area contributed by atoms with E-state index in [0.717, 1.165) is 12.1 Å². The van der Waals surface area contributed by atoms with E-state index >= 15 is 0 Å². The highest BCUT2D eigenvalue weighted by molar-refractivity contribution is 7.92. The summed E-state index contributed by atoms with van der Waals surface area (Å²) in [7, 11) is -2.54. The van der Waals surface area contributed by atoms with Gasteiger partial charge in [-0.05, 0) is 40.6 Å². The molecule has 1 aromatic heterocycles. The summed E-state index contributed by atoms with van der Waals surface area (Å²) in [5.41, 5.74) is 1.80. The molecule has 0 bridgehead atoms. The van der Waals surface area contributed by atoms with Crippen molar-refractivity contribution < 1.29 is 26.3 Å². The summed E-state index contributed by atoms with van der Waals surface area (Å²) in [6.07, 6.45) is -4.49. The number of fused-ring (bicyclic) bond motifs is 1. The second kappa shape index (κ2) is 7.86. The number of sulfonamides is 1. The minimum absolute atomic E-state index is 0.0459. The summed E-state index contributed by atoms with van der Waals surface area (Å²) in [5.74, 6) is 0.303. The lowest BCUT2D eigenvalue weighted by Crippen LogP contribution is -2.13. The van der Waals surface area contributed by atoms with Crippen LogP contribution in [0.3, 0.4) is 0 Å². The number of hydrogen-bond donors (Lipinski definition) is 1. The first-order valence-corrected chi connectivity index (χ1v) is 11.3. The van der Waals surface area contributed by atoms with Crippen LogP contribution in [0.2, 0.25) is 0 Å². The standard InChI is InChI=1S/C21H15F3N2O3S2/c1-29-19-10-14(21(22,23)24)5-7-18(19)17-4-2-3-13-9-15(6-8-16(13)17)31(27,28)26-20-11-30-12-25-20/h2-12,26H,1H3. The van der Waals surface area contributed by atoms with Crippen LogP contribution in [0.25, 0.3) is 21.9 Å². The van der Waals surface area contributed by atoms with Gasteiger partial charge >= 0.3 is 6.18 Å². The summed E-state index contributed by atoms with van der Waals surface area (Å²) in [6, 6.07) is 13.0. The molecule has 0 spiro atoms. The molecule has 0 aliphatic carbocycles. The first-order valence-electron chi connectivity index (χ1n) is 8.88. The Morgan fingerprint density at radius 3 is 2.52 bits per heavy atom. The monoisotopic (exact) mass is 464 g/mol. The molecule has 0 unspecified atom stereocenters. The van der Waals surface area contributed by atoms with E-state index in [0.29, 0.717) is 21.9 Å². The Morgan fingerprint density at radius 1 is 1.03 bits per heavy atom. The van der Waals surface area contributed by atoms with Gasteiger partial charge in [0.2, 0.25) is 0 Å². The third-order valence-corrected chi connectivity index (χ3v) is 6.59. The van der Waals surface area contributed by atoms with Gasteiger partial charge in [0.15, 0.2) is 5.82 Å². The Balaban J connectivity index is 1.79. The smallest absolute Gasteiger partial charge is 0.416 e. The van der Waals surface area contributed by atoms with E-state index < -0.39 is 21.8 Å². The highest BCUT2D eigenvalue weighted by Gasteiger charge is 2.31. The third-order valence-electron chi connectivity index (χ3n) is 4.65. The molecule has 0 saturated heterocycles. The maximum atomic E-state index is 13.1. The van der Waals surface area contributed by atoms with Gasteiger partial charge in [-0.25, -0.2) is 13.4 Å². The molecule has 4 rings (SSSR count). The highest BCUT2D eigenvalue weighted by atomic mass is 32.2. The Bertz CT molecular complexity index is 1350. The predicted molar refractivity (Wildman–Crippen MR) is 114 cm³/mol. The van der Waals surface area contributed by atoms with Crippen LogP contribution in [-0.4, -0.2) is 20.5 Å². The highest BCUT2D eigenvalue weighted by Crippen LogP contribution is 2.39. The van der Waals surface area contributed by atoms with Crippen molar-refractivity contribution in [3.8, 4) is 16.9 Å². The molecule has 0 atom stereocenters. The average molecular weight is 464 g/mol. The van der Waals surface area contributed by atoms with Gasteiger partial charge in [-0.1, -0.05) is 30.3 Å². The van der Waals surface area contributed by atoms with Crippen LogP contribution in [0, 0.1) is 0 Å². The second-order valence-electron chi connectivity index (χ2n) is 6.58. The van der Waals surface area contributed by atoms with Gasteiger partial charge in [0.1, 0.15) is 5.75 Å². The quantitative estimate of drug-likeness (QED) is 0.406. The fraction of sp³-hybridized carbons (Fsp3) is 0.0952. The number of hydrogen-bond acceptors (Lipinski definition) is 5. The zero-order chi connectivity index (χ0) is 22.2. The molecule has 1 N–H and O–H groups in total. The number of aromatic nitrogens is 1. The fourth-order valence-electron chi connectivity index (χ4n) is 3.21. The summed E-state index contributed by atoms with van der Waals surface area (Å²) in [6.45, 7) is 0. The summed E-state index contributed by atoms with van der Waals surface area (Å²) < 4.78 is 72.1. The van der Waals surface area contributed by atoms with Crippen LogP contribution in [0.1, 0.15) is 5.56 Å². The molecule has 0 radical (unpaired) electrons. The van der Waals surface area contributed by atoms with E-state index in [2.05, 4.69) is 9.71 Å². The van der Waals surface area contributed by atoms with Gasteiger partial charge in [0.05, 0.1) is 23.1 Å². The topological polar surface area (TPSA) is 68.3 Å². The number of rotatable bonds is 5. The lowest BCUT2D eigenvalue weighted by Gasteiger charge is -2.15. The molecular weight excluding hydrogens is 449 g/mol. The maximum Gasteiger partial charge on any atom is 0.416 e. The zero-order valence-corrected chi connectivity index (χ0v) is 17.6. The molecule has 3 aromatic carbocycles. The Morgan fingerprint density at radius 2 is 1.84 bits per heavy atom. The van der Waals surface area contributed by atoms with Crippen LogP contribution < -0.4 is 9.46 Å². The summed E-state index contributed by atoms with van der Waals surface area (Å²) in [5, 5.41) is 2.86. The van der Waals surface area contributed by atoms with Gasteiger partial charge in [0, 0.05) is 10.9 Å². The van der Waals surface area contributed by atoms with Crippen molar-refractivity contribution in [3.05, 3.63) is 71.1 Å². The van der Waals surface area contributed by atoms with Crippen molar-refractivity contribution in [2.75, 3.05) is 11.8 Å². The zero-order valence-electron chi connectivity index (χ0n) is 16.0. The van der Waals surface area contributed by atoms with Crippen molar-refractivity contribution >= 4 is 38.0 Å². The Kier molecular flexibility index (Phi) is 5.36. The number of nitrogens with one attached hydrogen (secondary N) is 1. The molecule has 10 heteroatoms. The molecule has 160 valence electrons. The molecule has 4 aromatic rings. The number of anilines is 1. The number of ether oxygens (including phenoxy) is 1. The lowest BCUT2D eigenvalue weighted by atomic mass is 9.96. The van der Waals surface area contributed by atoms with Crippen molar-refractivity contribution in [2.24, 2.45) is 0 Å². The predicted octanol–water partition coefficient (Wildman–Crippen LogP) is 5.79. The fourth-order valence-corrected chi connectivity index (χ4v) is 4.81. The van der Waals surface area contributed by atoms with E-state index in [-0.39, 0.29) is 16.5 Å². The van der Waals surface area contributed by atoms with E-state index in [4.69, 9.17) is 4.74 Å². The van der Waals surface area contributed by atoms with Crippen LogP contribution >= 0.6 is 11.3 Å². The van der Waals surface area contributed by atoms with Crippen LogP contribution in [0.4, 0.5) is 19.0 Å². The van der Waals surface area contributed by atoms with E-state index in [1.165, 1.54) is 42.2 Å². The van der Waals surface area contributed by atoms with Crippen LogP contribution in [-0.2, 0) is 16.2 Å². The third kappa shape index (κ3) is 4.21. The van der Waals surface area contributed by atoms with Gasteiger partial charge in [-0.3, -0.25) is 4.72 Å². The maximum absolute atomic E-state index is 13.1. The van der Waals surface area contributed by atoms with Crippen LogP contribution in [0.5, 0.6) is 5.75 Å². The number of alkyl halides is 3. The van der Waals surface area contributed by atoms with E-state index in [1.54, 1.807) is 29.6 Å². The van der Waals surface area contributed by atoms with Crippen LogP contribution in [0.15, 0.2) is 70.4 Å². The molecule has 31 heavy (non-hydrogen) atoms. The van der Waals surface area contributed by atoms with E-state index in [1.807, 2.05) is 0 Å². The lowest BCUT2D eigenvalue weighted by molar-refractivity contribution is -0.137. The number of halogens is 3. The van der Waals surface area contributed by atoms with E-state index in [9.17, 15) is 21.6 Å². The SMILES string of the molecule is COc1cc(C(F)(F)F)ccc1-c1cccc2cc(S(=O)(=O)Nc3cscn3)ccc12. The number of thiazole rings is 1. The van der Waals surface area contributed by atoms with Crippen molar-refractivity contribution in [1.82, 2.24) is 4.98 Å². The van der Waals surface area contributed by atoms with Gasteiger partial charge in [-0.15, -0.1) is 11.3 Å². The Hall–Kier alpha value is -3.11. The van der Waals surface area contributed by atoms with Crippen molar-refractivity contribution in [1.29, 1.82) is 0 Å². The first-order chi connectivity index (χ1) is 14.7. The minimum Gasteiger partial charge on any atom is -0.496 e. The van der Waals surface area contributed by atoms with Gasteiger partial charge in [0.25, 0.3) is 10.0 Å². The molecule has 0 fully saturated rings. The first kappa shape index (κ1) is 21.1. The largest absolute Gasteiger partial charge is 0.496 e. The molecule has 0 saturated carbocycles. The molecule has 1 heterocycles. The van der Waals surface area contributed by atoms with Gasteiger partial charge < -0.3 is 4.74 Å².